The zero-order valence-corrected chi connectivity index (χ0v) is 14.8. The van der Waals surface area contributed by atoms with Crippen LogP contribution >= 0.6 is 27.3 Å². The first-order valence-electron chi connectivity index (χ1n) is 7.23. The Labute approximate surface area is 134 Å². The summed E-state index contributed by atoms with van der Waals surface area (Å²) >= 11 is 5.54. The molecule has 1 heterocycles. The van der Waals surface area contributed by atoms with Crippen molar-refractivity contribution in [3.8, 4) is 0 Å². The van der Waals surface area contributed by atoms with Crippen molar-refractivity contribution in [3.63, 3.8) is 0 Å². The van der Waals surface area contributed by atoms with Gasteiger partial charge in [0.25, 0.3) is 0 Å². The average Bonchev–Trinajstić information content (AvgIpc) is 2.87. The van der Waals surface area contributed by atoms with Crippen LogP contribution in [-0.2, 0) is 6.42 Å². The molecule has 1 N–H and O–H groups in total. The van der Waals surface area contributed by atoms with Crippen LogP contribution in [0.3, 0.4) is 0 Å². The lowest BCUT2D eigenvalue weighted by Gasteiger charge is -2.18. The Balaban J connectivity index is 2.35. The fourth-order valence-corrected chi connectivity index (χ4v) is 4.02. The van der Waals surface area contributed by atoms with Gasteiger partial charge >= 0.3 is 0 Å². The third kappa shape index (κ3) is 3.94. The molecule has 0 bridgehead atoms. The van der Waals surface area contributed by atoms with E-state index in [2.05, 4.69) is 72.3 Å². The number of hydrogen-bond donors (Lipinski definition) is 1. The molecule has 0 saturated carbocycles. The topological polar surface area (TPSA) is 12.0 Å². The molecular formula is C17H22BrNS. The number of aryl methyl sites for hydroxylation is 2. The highest BCUT2D eigenvalue weighted by atomic mass is 79.9. The summed E-state index contributed by atoms with van der Waals surface area (Å²) in [6.45, 7) is 7.61. The van der Waals surface area contributed by atoms with Crippen LogP contribution in [0.4, 0.5) is 0 Å². The molecule has 0 aliphatic heterocycles. The van der Waals surface area contributed by atoms with Crippen molar-refractivity contribution in [3.05, 3.63) is 55.7 Å². The molecule has 20 heavy (non-hydrogen) atoms. The van der Waals surface area contributed by atoms with Crippen molar-refractivity contribution in [1.29, 1.82) is 0 Å². The van der Waals surface area contributed by atoms with Crippen LogP contribution < -0.4 is 5.32 Å². The van der Waals surface area contributed by atoms with Crippen LogP contribution in [0.2, 0.25) is 0 Å². The van der Waals surface area contributed by atoms with Crippen molar-refractivity contribution < 1.29 is 0 Å². The summed E-state index contributed by atoms with van der Waals surface area (Å²) in [6.07, 6.45) is 2.26. The molecule has 1 aromatic heterocycles. The largest absolute Gasteiger partial charge is 0.306 e. The van der Waals surface area contributed by atoms with Crippen LogP contribution in [0.5, 0.6) is 0 Å². The molecule has 0 aliphatic rings. The standard InChI is InChI=1S/C17H22BrNS/c1-4-8-19-17(16-7-6-15(5-2)20-16)13-9-12(3)10-14(18)11-13/h6-7,9-11,17,19H,4-5,8H2,1-3H3. The SMILES string of the molecule is CCCNC(c1cc(C)cc(Br)c1)c1ccc(CC)s1. The predicted molar refractivity (Wildman–Crippen MR) is 92.7 cm³/mol. The monoisotopic (exact) mass is 351 g/mol. The minimum atomic E-state index is 0.302. The van der Waals surface area contributed by atoms with Gasteiger partial charge in [-0.05, 0) is 61.7 Å². The number of nitrogens with one attached hydrogen (secondary N) is 1. The van der Waals surface area contributed by atoms with Gasteiger partial charge in [-0.3, -0.25) is 0 Å². The van der Waals surface area contributed by atoms with E-state index in [0.29, 0.717) is 6.04 Å². The quantitative estimate of drug-likeness (QED) is 0.727. The Kier molecular flexibility index (Phi) is 5.82. The molecule has 0 aliphatic carbocycles. The third-order valence-electron chi connectivity index (χ3n) is 3.31. The highest BCUT2D eigenvalue weighted by Gasteiger charge is 2.16. The van der Waals surface area contributed by atoms with E-state index >= 15 is 0 Å². The summed E-state index contributed by atoms with van der Waals surface area (Å²) in [7, 11) is 0. The Morgan fingerprint density at radius 1 is 1.20 bits per heavy atom. The number of hydrogen-bond acceptors (Lipinski definition) is 2. The smallest absolute Gasteiger partial charge is 0.0671 e. The summed E-state index contributed by atoms with van der Waals surface area (Å²) in [5, 5.41) is 3.68. The molecule has 1 nitrogen and oxygen atoms in total. The predicted octanol–water partition coefficient (Wildman–Crippen LogP) is 5.47. The van der Waals surface area contributed by atoms with Crippen molar-refractivity contribution >= 4 is 27.3 Å². The summed E-state index contributed by atoms with van der Waals surface area (Å²) in [6, 6.07) is 11.5. The second-order valence-electron chi connectivity index (χ2n) is 5.11. The molecule has 3 heteroatoms. The Morgan fingerprint density at radius 3 is 2.60 bits per heavy atom. The van der Waals surface area contributed by atoms with Crippen molar-refractivity contribution in [1.82, 2.24) is 5.32 Å². The molecule has 0 saturated heterocycles. The summed E-state index contributed by atoms with van der Waals surface area (Å²) in [5.74, 6) is 0. The molecule has 0 amide bonds. The van der Waals surface area contributed by atoms with Gasteiger partial charge in [-0.15, -0.1) is 11.3 Å². The van der Waals surface area contributed by atoms with Gasteiger partial charge in [0.05, 0.1) is 6.04 Å². The lowest BCUT2D eigenvalue weighted by atomic mass is 10.0. The first kappa shape index (κ1) is 15.7. The zero-order valence-electron chi connectivity index (χ0n) is 12.4. The minimum absolute atomic E-state index is 0.302. The van der Waals surface area contributed by atoms with E-state index in [1.165, 1.54) is 20.9 Å². The van der Waals surface area contributed by atoms with E-state index in [4.69, 9.17) is 0 Å². The molecular weight excluding hydrogens is 330 g/mol. The van der Waals surface area contributed by atoms with Crippen LogP contribution in [0.1, 0.15) is 47.2 Å². The number of thiophene rings is 1. The molecule has 0 fully saturated rings. The van der Waals surface area contributed by atoms with E-state index in [1.807, 2.05) is 11.3 Å². The van der Waals surface area contributed by atoms with Gasteiger partial charge in [0, 0.05) is 14.2 Å². The van der Waals surface area contributed by atoms with Gasteiger partial charge in [0.2, 0.25) is 0 Å². The third-order valence-corrected chi connectivity index (χ3v) is 5.06. The lowest BCUT2D eigenvalue weighted by Crippen LogP contribution is -2.22. The lowest BCUT2D eigenvalue weighted by molar-refractivity contribution is 0.605. The molecule has 1 unspecified atom stereocenters. The van der Waals surface area contributed by atoms with E-state index in [0.717, 1.165) is 23.9 Å². The van der Waals surface area contributed by atoms with E-state index < -0.39 is 0 Å². The van der Waals surface area contributed by atoms with Crippen LogP contribution in [0, 0.1) is 6.92 Å². The maximum absolute atomic E-state index is 3.68. The van der Waals surface area contributed by atoms with Crippen molar-refractivity contribution in [2.45, 2.75) is 39.7 Å². The van der Waals surface area contributed by atoms with Crippen molar-refractivity contribution in [2.75, 3.05) is 6.54 Å². The zero-order chi connectivity index (χ0) is 14.5. The van der Waals surface area contributed by atoms with Gasteiger partial charge in [-0.25, -0.2) is 0 Å². The molecule has 1 aromatic carbocycles. The first-order chi connectivity index (χ1) is 9.63. The fraction of sp³-hybridized carbons (Fsp3) is 0.412. The normalized spacial score (nSPS) is 12.6. The molecule has 0 radical (unpaired) electrons. The Bertz CT molecular complexity index is 542. The summed E-state index contributed by atoms with van der Waals surface area (Å²) in [5.41, 5.74) is 2.64. The molecule has 2 rings (SSSR count). The first-order valence-corrected chi connectivity index (χ1v) is 8.84. The Morgan fingerprint density at radius 2 is 2.00 bits per heavy atom. The van der Waals surface area contributed by atoms with Crippen LogP contribution in [0.25, 0.3) is 0 Å². The van der Waals surface area contributed by atoms with Gasteiger partial charge in [-0.2, -0.15) is 0 Å². The molecule has 0 spiro atoms. The number of halogens is 1. The highest BCUT2D eigenvalue weighted by Crippen LogP contribution is 2.31. The van der Waals surface area contributed by atoms with E-state index in [1.54, 1.807) is 0 Å². The Hall–Kier alpha value is -0.640. The van der Waals surface area contributed by atoms with Crippen LogP contribution in [-0.4, -0.2) is 6.54 Å². The van der Waals surface area contributed by atoms with E-state index in [-0.39, 0.29) is 0 Å². The molecule has 108 valence electrons. The average molecular weight is 352 g/mol. The van der Waals surface area contributed by atoms with Crippen LogP contribution in [0.15, 0.2) is 34.8 Å². The molecule has 2 aromatic rings. The van der Waals surface area contributed by atoms with Crippen molar-refractivity contribution in [2.24, 2.45) is 0 Å². The number of rotatable bonds is 6. The second-order valence-corrected chi connectivity index (χ2v) is 7.22. The van der Waals surface area contributed by atoms with Gasteiger partial charge in [0.15, 0.2) is 0 Å². The van der Waals surface area contributed by atoms with E-state index in [9.17, 15) is 0 Å². The van der Waals surface area contributed by atoms with Gasteiger partial charge in [-0.1, -0.05) is 35.8 Å². The minimum Gasteiger partial charge on any atom is -0.306 e. The molecule has 1 atom stereocenters. The summed E-state index contributed by atoms with van der Waals surface area (Å²) in [4.78, 5) is 2.86. The van der Waals surface area contributed by atoms with Gasteiger partial charge in [0.1, 0.15) is 0 Å². The fourth-order valence-electron chi connectivity index (χ4n) is 2.34. The summed E-state index contributed by atoms with van der Waals surface area (Å²) < 4.78 is 1.16. The maximum atomic E-state index is 3.68. The second kappa shape index (κ2) is 7.39. The maximum Gasteiger partial charge on any atom is 0.0671 e. The van der Waals surface area contributed by atoms with Gasteiger partial charge < -0.3 is 5.32 Å². The highest BCUT2D eigenvalue weighted by molar-refractivity contribution is 9.10. The number of benzene rings is 1.